The number of aliphatic hydroxyl groups excluding tert-OH is 1. The van der Waals surface area contributed by atoms with Gasteiger partial charge < -0.3 is 10.4 Å². The highest BCUT2D eigenvalue weighted by Gasteiger charge is 1.95. The second kappa shape index (κ2) is 6.26. The second-order valence-electron chi connectivity index (χ2n) is 4.27. The van der Waals surface area contributed by atoms with Crippen LogP contribution in [0.2, 0.25) is 0 Å². The van der Waals surface area contributed by atoms with Gasteiger partial charge in [-0.25, -0.2) is 0 Å². The Bertz CT molecular complexity index is 467. The van der Waals surface area contributed by atoms with Crippen LogP contribution in [0.3, 0.4) is 0 Å². The van der Waals surface area contributed by atoms with E-state index >= 15 is 0 Å². The number of aliphatic hydroxyl groups is 1. The van der Waals surface area contributed by atoms with Crippen LogP contribution >= 0.6 is 0 Å². The molecule has 0 saturated heterocycles. The number of hydrogen-bond donors (Lipinski definition) is 2. The average Bonchev–Trinajstić information content (AvgIpc) is 2.38. The monoisotopic (exact) mass is 229 g/mol. The van der Waals surface area contributed by atoms with Gasteiger partial charge in [-0.2, -0.15) is 0 Å². The van der Waals surface area contributed by atoms with Crippen LogP contribution in [-0.2, 0) is 0 Å². The van der Waals surface area contributed by atoms with E-state index in [4.69, 9.17) is 5.11 Å². The van der Waals surface area contributed by atoms with Crippen molar-refractivity contribution in [1.29, 1.82) is 0 Å². The van der Waals surface area contributed by atoms with Gasteiger partial charge in [0.25, 0.3) is 0 Å². The van der Waals surface area contributed by atoms with Crippen LogP contribution in [0.15, 0.2) is 42.5 Å². The molecule has 0 radical (unpaired) electrons. The van der Waals surface area contributed by atoms with Crippen molar-refractivity contribution in [3.8, 4) is 0 Å². The molecule has 0 aliphatic heterocycles. The van der Waals surface area contributed by atoms with Crippen molar-refractivity contribution in [2.45, 2.75) is 19.3 Å². The molecule has 0 unspecified atom stereocenters. The molecule has 2 heteroatoms. The molecule has 0 aliphatic rings. The topological polar surface area (TPSA) is 32.3 Å². The number of anilines is 1. The number of rotatable bonds is 6. The van der Waals surface area contributed by atoms with Crippen molar-refractivity contribution in [2.75, 3.05) is 18.5 Å². The number of benzene rings is 2. The Labute approximate surface area is 102 Å². The lowest BCUT2D eigenvalue weighted by atomic mass is 10.1. The van der Waals surface area contributed by atoms with E-state index in [1.807, 2.05) is 0 Å². The molecule has 2 nitrogen and oxygen atoms in total. The van der Waals surface area contributed by atoms with Gasteiger partial charge in [0.1, 0.15) is 0 Å². The van der Waals surface area contributed by atoms with E-state index in [9.17, 15) is 0 Å². The zero-order chi connectivity index (χ0) is 11.9. The van der Waals surface area contributed by atoms with Gasteiger partial charge in [-0.05, 0) is 42.2 Å². The highest BCUT2D eigenvalue weighted by molar-refractivity contribution is 5.85. The third-order valence-corrected chi connectivity index (χ3v) is 2.91. The van der Waals surface area contributed by atoms with E-state index in [1.165, 1.54) is 16.5 Å². The summed E-state index contributed by atoms with van der Waals surface area (Å²) in [5, 5.41) is 14.6. The van der Waals surface area contributed by atoms with Crippen LogP contribution in [0.1, 0.15) is 19.3 Å². The molecule has 0 fully saturated rings. The molecule has 2 rings (SSSR count). The van der Waals surface area contributed by atoms with Gasteiger partial charge in [-0.15, -0.1) is 0 Å². The lowest BCUT2D eigenvalue weighted by molar-refractivity contribution is 0.283. The van der Waals surface area contributed by atoms with Gasteiger partial charge >= 0.3 is 0 Å². The second-order valence-corrected chi connectivity index (χ2v) is 4.27. The van der Waals surface area contributed by atoms with E-state index < -0.39 is 0 Å². The summed E-state index contributed by atoms with van der Waals surface area (Å²) in [7, 11) is 0. The van der Waals surface area contributed by atoms with Crippen molar-refractivity contribution in [3.63, 3.8) is 0 Å². The Morgan fingerprint density at radius 1 is 0.882 bits per heavy atom. The largest absolute Gasteiger partial charge is 0.396 e. The molecule has 0 atom stereocenters. The summed E-state index contributed by atoms with van der Waals surface area (Å²) in [6.07, 6.45) is 3.09. The number of unbranched alkanes of at least 4 members (excludes halogenated alkanes) is 2. The quantitative estimate of drug-likeness (QED) is 0.744. The molecule has 2 aromatic carbocycles. The summed E-state index contributed by atoms with van der Waals surface area (Å²) >= 11 is 0. The molecular formula is C15H19NO. The van der Waals surface area contributed by atoms with E-state index in [1.54, 1.807) is 0 Å². The Kier molecular flexibility index (Phi) is 4.39. The first-order valence-electron chi connectivity index (χ1n) is 6.24. The van der Waals surface area contributed by atoms with Gasteiger partial charge in [0.15, 0.2) is 0 Å². The smallest absolute Gasteiger partial charge is 0.0431 e. The normalized spacial score (nSPS) is 10.6. The summed E-state index contributed by atoms with van der Waals surface area (Å²) in [5.74, 6) is 0. The highest BCUT2D eigenvalue weighted by Crippen LogP contribution is 2.18. The minimum absolute atomic E-state index is 0.302. The van der Waals surface area contributed by atoms with Gasteiger partial charge in [-0.1, -0.05) is 30.3 Å². The molecule has 17 heavy (non-hydrogen) atoms. The fourth-order valence-electron chi connectivity index (χ4n) is 1.95. The van der Waals surface area contributed by atoms with Crippen molar-refractivity contribution in [1.82, 2.24) is 0 Å². The van der Waals surface area contributed by atoms with Crippen LogP contribution in [0, 0.1) is 0 Å². The third kappa shape index (κ3) is 3.46. The maximum Gasteiger partial charge on any atom is 0.0431 e. The zero-order valence-corrected chi connectivity index (χ0v) is 10.0. The molecule has 0 spiro atoms. The average molecular weight is 229 g/mol. The summed E-state index contributed by atoms with van der Waals surface area (Å²) in [4.78, 5) is 0. The SMILES string of the molecule is OCCCCCNc1ccc2ccccc2c1. The molecule has 0 bridgehead atoms. The Morgan fingerprint density at radius 3 is 2.53 bits per heavy atom. The minimum atomic E-state index is 0.302. The predicted molar refractivity (Wildman–Crippen MR) is 73.4 cm³/mol. The standard InChI is InChI=1S/C15H19NO/c17-11-5-1-4-10-16-15-9-8-13-6-2-3-7-14(13)12-15/h2-3,6-9,12,16-17H,1,4-5,10-11H2. The van der Waals surface area contributed by atoms with Gasteiger partial charge in [0.05, 0.1) is 0 Å². The van der Waals surface area contributed by atoms with Crippen molar-refractivity contribution in [2.24, 2.45) is 0 Å². The fraction of sp³-hybridized carbons (Fsp3) is 0.333. The minimum Gasteiger partial charge on any atom is -0.396 e. The van der Waals surface area contributed by atoms with E-state index in [0.29, 0.717) is 6.61 Å². The van der Waals surface area contributed by atoms with Crippen LogP contribution < -0.4 is 5.32 Å². The Hall–Kier alpha value is -1.54. The number of fused-ring (bicyclic) bond motifs is 1. The maximum atomic E-state index is 8.68. The van der Waals surface area contributed by atoms with E-state index in [0.717, 1.165) is 25.8 Å². The zero-order valence-electron chi connectivity index (χ0n) is 10.0. The van der Waals surface area contributed by atoms with E-state index in [-0.39, 0.29) is 0 Å². The highest BCUT2D eigenvalue weighted by atomic mass is 16.2. The first-order valence-corrected chi connectivity index (χ1v) is 6.24. The van der Waals surface area contributed by atoms with E-state index in [2.05, 4.69) is 47.8 Å². The molecule has 90 valence electrons. The molecule has 2 N–H and O–H groups in total. The third-order valence-electron chi connectivity index (χ3n) is 2.91. The molecular weight excluding hydrogens is 210 g/mol. The van der Waals surface area contributed by atoms with Crippen molar-refractivity contribution < 1.29 is 5.11 Å². The maximum absolute atomic E-state index is 8.68. The van der Waals surface area contributed by atoms with Crippen molar-refractivity contribution in [3.05, 3.63) is 42.5 Å². The summed E-state index contributed by atoms with van der Waals surface area (Å²) < 4.78 is 0. The summed E-state index contributed by atoms with van der Waals surface area (Å²) in [6.45, 7) is 1.27. The Morgan fingerprint density at radius 2 is 1.71 bits per heavy atom. The first kappa shape index (κ1) is 11.9. The van der Waals surface area contributed by atoms with Crippen LogP contribution in [-0.4, -0.2) is 18.3 Å². The van der Waals surface area contributed by atoms with Crippen LogP contribution in [0.4, 0.5) is 5.69 Å². The molecule has 0 saturated carbocycles. The molecule has 0 amide bonds. The lowest BCUT2D eigenvalue weighted by Crippen LogP contribution is -2.01. The van der Waals surface area contributed by atoms with Gasteiger partial charge in [-0.3, -0.25) is 0 Å². The Balaban J connectivity index is 1.90. The number of hydrogen-bond acceptors (Lipinski definition) is 2. The number of nitrogens with one attached hydrogen (secondary N) is 1. The first-order chi connectivity index (χ1) is 8.40. The predicted octanol–water partition coefficient (Wildman–Crippen LogP) is 3.41. The van der Waals surface area contributed by atoms with Crippen molar-refractivity contribution >= 4 is 16.5 Å². The fourth-order valence-corrected chi connectivity index (χ4v) is 1.95. The molecule has 0 aliphatic carbocycles. The van der Waals surface area contributed by atoms with Gasteiger partial charge in [0, 0.05) is 18.8 Å². The van der Waals surface area contributed by atoms with Crippen LogP contribution in [0.5, 0.6) is 0 Å². The summed E-state index contributed by atoms with van der Waals surface area (Å²) in [5.41, 5.74) is 1.17. The van der Waals surface area contributed by atoms with Crippen LogP contribution in [0.25, 0.3) is 10.8 Å². The lowest BCUT2D eigenvalue weighted by Gasteiger charge is -2.07. The van der Waals surface area contributed by atoms with Gasteiger partial charge in [0.2, 0.25) is 0 Å². The molecule has 0 aromatic heterocycles. The summed E-state index contributed by atoms with van der Waals surface area (Å²) in [6, 6.07) is 14.8. The molecule has 2 aromatic rings. The molecule has 0 heterocycles.